The Morgan fingerprint density at radius 1 is 1.35 bits per heavy atom. The van der Waals surface area contributed by atoms with E-state index in [9.17, 15) is 9.90 Å². The summed E-state index contributed by atoms with van der Waals surface area (Å²) in [6.07, 6.45) is 2.20. The summed E-state index contributed by atoms with van der Waals surface area (Å²) in [7, 11) is 1.68. The molecule has 0 radical (unpaired) electrons. The number of benzene rings is 1. The molecule has 0 bridgehead atoms. The van der Waals surface area contributed by atoms with E-state index < -0.39 is 6.10 Å². The van der Waals surface area contributed by atoms with Crippen LogP contribution in [0.15, 0.2) is 24.3 Å². The van der Waals surface area contributed by atoms with Crippen LogP contribution in [0.3, 0.4) is 0 Å². The summed E-state index contributed by atoms with van der Waals surface area (Å²) in [5.41, 5.74) is 1.27. The summed E-state index contributed by atoms with van der Waals surface area (Å²) in [6, 6.07) is 7.98. The van der Waals surface area contributed by atoms with Crippen LogP contribution in [0.5, 0.6) is 5.75 Å². The van der Waals surface area contributed by atoms with Crippen molar-refractivity contribution in [2.45, 2.75) is 32.3 Å². The molecule has 5 nitrogen and oxygen atoms in total. The molecule has 0 spiro atoms. The molecule has 1 aliphatic heterocycles. The third-order valence-corrected chi connectivity index (χ3v) is 4.45. The van der Waals surface area contributed by atoms with E-state index in [-0.39, 0.29) is 11.8 Å². The highest BCUT2D eigenvalue weighted by Gasteiger charge is 2.25. The highest BCUT2D eigenvalue weighted by Crippen LogP contribution is 2.18. The fourth-order valence-electron chi connectivity index (χ4n) is 2.95. The van der Waals surface area contributed by atoms with Gasteiger partial charge in [-0.1, -0.05) is 19.1 Å². The van der Waals surface area contributed by atoms with E-state index >= 15 is 0 Å². The Morgan fingerprint density at radius 2 is 2.00 bits per heavy atom. The van der Waals surface area contributed by atoms with Gasteiger partial charge in [-0.2, -0.15) is 0 Å². The predicted molar refractivity (Wildman–Crippen MR) is 90.6 cm³/mol. The first-order valence-electron chi connectivity index (χ1n) is 8.46. The number of rotatable bonds is 7. The molecule has 1 fully saturated rings. The molecule has 1 aromatic carbocycles. The second-order valence-electron chi connectivity index (χ2n) is 6.15. The lowest BCUT2D eigenvalue weighted by atomic mass is 9.96. The monoisotopic (exact) mass is 320 g/mol. The fraction of sp³-hybridized carbons (Fsp3) is 0.611. The molecule has 1 unspecified atom stereocenters. The molecule has 1 saturated heterocycles. The number of amides is 1. The summed E-state index contributed by atoms with van der Waals surface area (Å²) in [5.74, 6) is 1.03. The largest absolute Gasteiger partial charge is 0.491 e. The second kappa shape index (κ2) is 8.89. The normalized spacial score (nSPS) is 17.7. The number of aryl methyl sites for hydroxylation is 1. The van der Waals surface area contributed by atoms with Gasteiger partial charge in [0.15, 0.2) is 0 Å². The zero-order chi connectivity index (χ0) is 16.7. The van der Waals surface area contributed by atoms with Gasteiger partial charge in [0.1, 0.15) is 18.5 Å². The molecule has 2 N–H and O–H groups in total. The smallest absolute Gasteiger partial charge is 0.222 e. The standard InChI is InChI=1S/C18H28N2O3/c1-3-14-4-6-17(7-5-14)23-13-16(21)12-20-10-8-15(9-11-20)18(22)19-2/h4-7,15-16,21H,3,8-13H2,1-2H3,(H,19,22). The third-order valence-electron chi connectivity index (χ3n) is 4.45. The highest BCUT2D eigenvalue weighted by molar-refractivity contribution is 5.78. The van der Waals surface area contributed by atoms with Gasteiger partial charge in [0.05, 0.1) is 0 Å². The van der Waals surface area contributed by atoms with E-state index in [1.807, 2.05) is 24.3 Å². The fourth-order valence-corrected chi connectivity index (χ4v) is 2.95. The number of nitrogens with one attached hydrogen (secondary N) is 1. The molecule has 2 rings (SSSR count). The number of carbonyl (C=O) groups is 1. The maximum absolute atomic E-state index is 11.6. The number of carbonyl (C=O) groups excluding carboxylic acids is 1. The third kappa shape index (κ3) is 5.52. The van der Waals surface area contributed by atoms with Crippen molar-refractivity contribution in [3.8, 4) is 5.75 Å². The van der Waals surface area contributed by atoms with Gasteiger partial charge in [0.2, 0.25) is 5.91 Å². The van der Waals surface area contributed by atoms with Gasteiger partial charge in [-0.3, -0.25) is 4.79 Å². The lowest BCUT2D eigenvalue weighted by molar-refractivity contribution is -0.126. The van der Waals surface area contributed by atoms with Crippen LogP contribution in [0.4, 0.5) is 0 Å². The van der Waals surface area contributed by atoms with Crippen molar-refractivity contribution >= 4 is 5.91 Å². The van der Waals surface area contributed by atoms with Crippen molar-refractivity contribution in [3.05, 3.63) is 29.8 Å². The van der Waals surface area contributed by atoms with Crippen molar-refractivity contribution in [2.75, 3.05) is 33.3 Å². The number of aliphatic hydroxyl groups excluding tert-OH is 1. The Morgan fingerprint density at radius 3 is 2.57 bits per heavy atom. The minimum absolute atomic E-state index is 0.113. The highest BCUT2D eigenvalue weighted by atomic mass is 16.5. The first-order valence-corrected chi connectivity index (χ1v) is 8.46. The van der Waals surface area contributed by atoms with E-state index in [2.05, 4.69) is 17.1 Å². The van der Waals surface area contributed by atoms with Crippen LogP contribution in [0.2, 0.25) is 0 Å². The molecule has 0 aromatic heterocycles. The van der Waals surface area contributed by atoms with Crippen LogP contribution in [0, 0.1) is 5.92 Å². The molecule has 23 heavy (non-hydrogen) atoms. The molecule has 1 atom stereocenters. The van der Waals surface area contributed by atoms with E-state index in [0.29, 0.717) is 13.2 Å². The lowest BCUT2D eigenvalue weighted by Gasteiger charge is -2.32. The first-order chi connectivity index (χ1) is 11.1. The summed E-state index contributed by atoms with van der Waals surface area (Å²) in [5, 5.41) is 12.8. The zero-order valence-electron chi connectivity index (χ0n) is 14.1. The first kappa shape index (κ1) is 17.8. The van der Waals surface area contributed by atoms with Crippen molar-refractivity contribution in [2.24, 2.45) is 5.92 Å². The average molecular weight is 320 g/mol. The Balaban J connectivity index is 1.68. The number of β-amino-alcohol motifs (C(OH)–C–C–N with tert-alkyl or cyclic N) is 1. The Hall–Kier alpha value is -1.59. The van der Waals surface area contributed by atoms with E-state index in [4.69, 9.17) is 4.74 Å². The van der Waals surface area contributed by atoms with Gasteiger partial charge in [0, 0.05) is 19.5 Å². The van der Waals surface area contributed by atoms with Crippen molar-refractivity contribution in [3.63, 3.8) is 0 Å². The molecular formula is C18H28N2O3. The second-order valence-corrected chi connectivity index (χ2v) is 6.15. The van der Waals surface area contributed by atoms with Gasteiger partial charge in [-0.25, -0.2) is 0 Å². The minimum Gasteiger partial charge on any atom is -0.491 e. The Labute approximate surface area is 138 Å². The van der Waals surface area contributed by atoms with Crippen LogP contribution in [-0.2, 0) is 11.2 Å². The number of hydrogen-bond acceptors (Lipinski definition) is 4. The van der Waals surface area contributed by atoms with Crippen molar-refractivity contribution < 1.29 is 14.6 Å². The van der Waals surface area contributed by atoms with E-state index in [1.54, 1.807) is 7.05 Å². The number of aliphatic hydroxyl groups is 1. The Kier molecular flexibility index (Phi) is 6.86. The summed E-state index contributed by atoms with van der Waals surface area (Å²) in [4.78, 5) is 13.8. The molecule has 0 saturated carbocycles. The quantitative estimate of drug-likeness (QED) is 0.798. The molecule has 1 heterocycles. The lowest BCUT2D eigenvalue weighted by Crippen LogP contribution is -2.43. The van der Waals surface area contributed by atoms with Gasteiger partial charge >= 0.3 is 0 Å². The van der Waals surface area contributed by atoms with E-state index in [1.165, 1.54) is 5.56 Å². The summed E-state index contributed by atoms with van der Waals surface area (Å²) < 4.78 is 5.64. The molecule has 1 aromatic rings. The number of likely N-dealkylation sites (tertiary alicyclic amines) is 1. The average Bonchev–Trinajstić information content (AvgIpc) is 2.60. The van der Waals surface area contributed by atoms with Crippen LogP contribution in [-0.4, -0.2) is 55.3 Å². The molecular weight excluding hydrogens is 292 g/mol. The van der Waals surface area contributed by atoms with Gasteiger partial charge < -0.3 is 20.1 Å². The maximum Gasteiger partial charge on any atom is 0.222 e. The number of piperidine rings is 1. The van der Waals surface area contributed by atoms with Crippen LogP contribution >= 0.6 is 0 Å². The van der Waals surface area contributed by atoms with Crippen LogP contribution in [0.1, 0.15) is 25.3 Å². The summed E-state index contributed by atoms with van der Waals surface area (Å²) in [6.45, 7) is 4.70. The van der Waals surface area contributed by atoms with Gasteiger partial charge in [-0.15, -0.1) is 0 Å². The number of hydrogen-bond donors (Lipinski definition) is 2. The molecule has 5 heteroatoms. The van der Waals surface area contributed by atoms with Crippen molar-refractivity contribution in [1.82, 2.24) is 10.2 Å². The number of nitrogens with zero attached hydrogens (tertiary/aromatic N) is 1. The van der Waals surface area contributed by atoms with Crippen molar-refractivity contribution in [1.29, 1.82) is 0 Å². The van der Waals surface area contributed by atoms with Crippen LogP contribution < -0.4 is 10.1 Å². The van der Waals surface area contributed by atoms with Gasteiger partial charge in [-0.05, 0) is 50.0 Å². The molecule has 1 aliphatic rings. The van der Waals surface area contributed by atoms with Crippen LogP contribution in [0.25, 0.3) is 0 Å². The van der Waals surface area contributed by atoms with E-state index in [0.717, 1.165) is 38.1 Å². The SMILES string of the molecule is CCc1ccc(OCC(O)CN2CCC(C(=O)NC)CC2)cc1. The molecule has 0 aliphatic carbocycles. The molecule has 128 valence electrons. The number of ether oxygens (including phenoxy) is 1. The zero-order valence-corrected chi connectivity index (χ0v) is 14.1. The topological polar surface area (TPSA) is 61.8 Å². The predicted octanol–water partition coefficient (Wildman–Crippen LogP) is 1.45. The molecule has 1 amide bonds. The maximum atomic E-state index is 11.6. The minimum atomic E-state index is -0.516. The summed E-state index contributed by atoms with van der Waals surface area (Å²) >= 11 is 0. The Bertz CT molecular complexity index is 482. The van der Waals surface area contributed by atoms with Gasteiger partial charge in [0.25, 0.3) is 0 Å².